The number of carbonyl (C=O) groups is 1. The second-order valence-corrected chi connectivity index (χ2v) is 9.38. The van der Waals surface area contributed by atoms with Crippen molar-refractivity contribution in [2.75, 3.05) is 24.9 Å². The molecule has 1 aliphatic rings. The van der Waals surface area contributed by atoms with Crippen molar-refractivity contribution in [2.24, 2.45) is 0 Å². The molecule has 0 aliphatic carbocycles. The van der Waals surface area contributed by atoms with Crippen LogP contribution in [0.1, 0.15) is 24.1 Å². The van der Waals surface area contributed by atoms with Crippen LogP contribution >= 0.6 is 11.8 Å². The average molecular weight is 514 g/mol. The van der Waals surface area contributed by atoms with Gasteiger partial charge in [-0.05, 0) is 42.3 Å². The van der Waals surface area contributed by atoms with Crippen LogP contribution in [0, 0.1) is 0 Å². The number of carbonyl (C=O) groups excluding carboxylic acids is 1. The molecule has 0 saturated heterocycles. The largest absolute Gasteiger partial charge is 0.497 e. The third kappa shape index (κ3) is 5.17. The Kier molecular flexibility index (Phi) is 7.14. The third-order valence-corrected chi connectivity index (χ3v) is 6.96. The number of fused-ring (bicyclic) bond motifs is 1. The van der Waals surface area contributed by atoms with Crippen molar-refractivity contribution in [3.05, 3.63) is 101 Å². The summed E-state index contributed by atoms with van der Waals surface area (Å²) in [7, 11) is 3.20. The van der Waals surface area contributed by atoms with E-state index in [0.29, 0.717) is 39.6 Å². The topological polar surface area (TPSA) is 90.3 Å². The molecule has 5 rings (SSSR count). The number of anilines is 2. The first-order valence-electron chi connectivity index (χ1n) is 11.8. The van der Waals surface area contributed by atoms with Crippen LogP contribution in [0.2, 0.25) is 0 Å². The van der Waals surface area contributed by atoms with Crippen LogP contribution in [-0.2, 0) is 10.5 Å². The van der Waals surface area contributed by atoms with Gasteiger partial charge in [0.25, 0.3) is 5.91 Å². The highest BCUT2D eigenvalue weighted by Crippen LogP contribution is 2.38. The molecule has 9 heteroatoms. The Balaban J connectivity index is 1.52. The van der Waals surface area contributed by atoms with E-state index < -0.39 is 6.04 Å². The third-order valence-electron chi connectivity index (χ3n) is 6.05. The summed E-state index contributed by atoms with van der Waals surface area (Å²) in [5, 5.41) is 11.7. The van der Waals surface area contributed by atoms with Gasteiger partial charge in [0, 0.05) is 11.4 Å². The summed E-state index contributed by atoms with van der Waals surface area (Å²) in [6.45, 7) is 1.87. The molecule has 1 unspecified atom stereocenters. The Morgan fingerprint density at radius 1 is 1.03 bits per heavy atom. The van der Waals surface area contributed by atoms with Crippen LogP contribution in [0.4, 0.5) is 11.6 Å². The van der Waals surface area contributed by atoms with Crippen molar-refractivity contribution in [3.63, 3.8) is 0 Å². The number of aromatic nitrogens is 3. The first-order valence-corrected chi connectivity index (χ1v) is 12.8. The summed E-state index contributed by atoms with van der Waals surface area (Å²) in [5.41, 5.74) is 3.85. The van der Waals surface area contributed by atoms with Crippen molar-refractivity contribution >= 4 is 29.3 Å². The van der Waals surface area contributed by atoms with Gasteiger partial charge in [-0.25, -0.2) is 4.68 Å². The van der Waals surface area contributed by atoms with Gasteiger partial charge in [0.15, 0.2) is 0 Å². The van der Waals surface area contributed by atoms with Gasteiger partial charge in [0.2, 0.25) is 11.1 Å². The fraction of sp³-hybridized carbons (Fsp3) is 0.179. The first kappa shape index (κ1) is 24.5. The zero-order valence-electron chi connectivity index (χ0n) is 20.8. The molecule has 1 atom stereocenters. The average Bonchev–Trinajstić information content (AvgIpc) is 3.34. The highest BCUT2D eigenvalue weighted by atomic mass is 32.2. The van der Waals surface area contributed by atoms with E-state index in [9.17, 15) is 4.79 Å². The van der Waals surface area contributed by atoms with E-state index in [4.69, 9.17) is 19.6 Å². The van der Waals surface area contributed by atoms with Crippen molar-refractivity contribution in [1.82, 2.24) is 14.8 Å². The Labute approximate surface area is 219 Å². The maximum atomic E-state index is 13.7. The smallest absolute Gasteiger partial charge is 0.255 e. The van der Waals surface area contributed by atoms with E-state index in [2.05, 4.69) is 22.8 Å². The van der Waals surface area contributed by atoms with Crippen molar-refractivity contribution < 1.29 is 14.3 Å². The maximum Gasteiger partial charge on any atom is 0.255 e. The molecule has 4 aromatic rings. The number of hydrogen-bond donors (Lipinski definition) is 2. The molecule has 0 bridgehead atoms. The minimum atomic E-state index is -0.514. The lowest BCUT2D eigenvalue weighted by Gasteiger charge is -2.29. The standard InChI is InChI=1S/C28H27N5O3S/c1-18-24(26(34)30-22-14-7-8-15-23(22)36-3)25(20-12-9-13-21(16-20)35-2)33-27(29-18)31-28(32-33)37-17-19-10-5-4-6-11-19/h4-16,25H,17H2,1-3H3,(H,30,34)(H,29,31,32). The van der Waals surface area contributed by atoms with Gasteiger partial charge in [-0.3, -0.25) is 4.79 Å². The Hall–Kier alpha value is -4.24. The van der Waals surface area contributed by atoms with Gasteiger partial charge in [0.05, 0.1) is 25.5 Å². The fourth-order valence-corrected chi connectivity index (χ4v) is 5.05. The quantitative estimate of drug-likeness (QED) is 0.300. The highest BCUT2D eigenvalue weighted by Gasteiger charge is 2.35. The van der Waals surface area contributed by atoms with Crippen LogP contribution in [0.5, 0.6) is 11.5 Å². The van der Waals surface area contributed by atoms with Crippen LogP contribution < -0.4 is 20.1 Å². The number of benzene rings is 3. The van der Waals surface area contributed by atoms with E-state index in [-0.39, 0.29) is 5.91 Å². The van der Waals surface area contributed by atoms with Gasteiger partial charge in [0.1, 0.15) is 17.5 Å². The molecule has 37 heavy (non-hydrogen) atoms. The fourth-order valence-electron chi connectivity index (χ4n) is 4.27. The van der Waals surface area contributed by atoms with Crippen molar-refractivity contribution in [1.29, 1.82) is 0 Å². The van der Waals surface area contributed by atoms with E-state index >= 15 is 0 Å². The SMILES string of the molecule is COc1cccc(C2C(C(=O)Nc3ccccc3OC)=C(C)Nc3nc(SCc4ccccc4)nn32)c1. The lowest BCUT2D eigenvalue weighted by Crippen LogP contribution is -2.31. The monoisotopic (exact) mass is 513 g/mol. The Bertz CT molecular complexity index is 1450. The minimum absolute atomic E-state index is 0.262. The van der Waals surface area contributed by atoms with E-state index in [0.717, 1.165) is 11.3 Å². The molecule has 1 aromatic heterocycles. The predicted octanol–water partition coefficient (Wildman–Crippen LogP) is 5.52. The molecule has 0 saturated carbocycles. The summed E-state index contributed by atoms with van der Waals surface area (Å²) in [6, 6.07) is 24.6. The molecule has 2 heterocycles. The number of nitrogens with one attached hydrogen (secondary N) is 2. The van der Waals surface area contributed by atoms with E-state index in [1.807, 2.05) is 67.6 Å². The summed E-state index contributed by atoms with van der Waals surface area (Å²) in [4.78, 5) is 18.5. The van der Waals surface area contributed by atoms with Crippen LogP contribution in [0.15, 0.2) is 95.3 Å². The summed E-state index contributed by atoms with van der Waals surface area (Å²) >= 11 is 1.55. The minimum Gasteiger partial charge on any atom is -0.497 e. The van der Waals surface area contributed by atoms with Gasteiger partial charge < -0.3 is 20.1 Å². The molecule has 0 radical (unpaired) electrons. The zero-order chi connectivity index (χ0) is 25.8. The molecule has 3 aromatic carbocycles. The number of amides is 1. The molecule has 2 N–H and O–H groups in total. The number of hydrogen-bond acceptors (Lipinski definition) is 7. The molecule has 8 nitrogen and oxygen atoms in total. The number of rotatable bonds is 8. The number of allylic oxidation sites excluding steroid dienone is 1. The van der Waals surface area contributed by atoms with Gasteiger partial charge in [-0.1, -0.05) is 66.4 Å². The van der Waals surface area contributed by atoms with Crippen LogP contribution in [-0.4, -0.2) is 34.9 Å². The normalized spacial score (nSPS) is 14.5. The number of ether oxygens (including phenoxy) is 2. The Morgan fingerprint density at radius 2 is 1.81 bits per heavy atom. The number of para-hydroxylation sites is 2. The molecule has 0 spiro atoms. The van der Waals surface area contributed by atoms with Gasteiger partial charge in [-0.15, -0.1) is 5.10 Å². The molecular formula is C28H27N5O3S. The second-order valence-electron chi connectivity index (χ2n) is 8.43. The summed E-state index contributed by atoms with van der Waals surface area (Å²) in [6.07, 6.45) is 0. The predicted molar refractivity (Wildman–Crippen MR) is 145 cm³/mol. The number of methoxy groups -OCH3 is 2. The molecular weight excluding hydrogens is 486 g/mol. The number of thioether (sulfide) groups is 1. The first-order chi connectivity index (χ1) is 18.1. The van der Waals surface area contributed by atoms with Gasteiger partial charge in [-0.2, -0.15) is 4.98 Å². The summed E-state index contributed by atoms with van der Waals surface area (Å²) in [5.74, 6) is 2.33. The number of nitrogens with zero attached hydrogens (tertiary/aromatic N) is 3. The molecule has 1 aliphatic heterocycles. The molecule has 0 fully saturated rings. The highest BCUT2D eigenvalue weighted by molar-refractivity contribution is 7.98. The molecule has 1 amide bonds. The lowest BCUT2D eigenvalue weighted by atomic mass is 9.95. The maximum absolute atomic E-state index is 13.7. The zero-order valence-corrected chi connectivity index (χ0v) is 21.6. The lowest BCUT2D eigenvalue weighted by molar-refractivity contribution is -0.113. The van der Waals surface area contributed by atoms with Crippen molar-refractivity contribution in [3.8, 4) is 11.5 Å². The van der Waals surface area contributed by atoms with E-state index in [1.54, 1.807) is 36.7 Å². The van der Waals surface area contributed by atoms with Gasteiger partial charge >= 0.3 is 0 Å². The van der Waals surface area contributed by atoms with E-state index in [1.165, 1.54) is 5.56 Å². The van der Waals surface area contributed by atoms with Crippen LogP contribution in [0.25, 0.3) is 0 Å². The Morgan fingerprint density at radius 3 is 2.59 bits per heavy atom. The van der Waals surface area contributed by atoms with Crippen LogP contribution in [0.3, 0.4) is 0 Å². The van der Waals surface area contributed by atoms with Crippen molar-refractivity contribution in [2.45, 2.75) is 23.9 Å². The second kappa shape index (κ2) is 10.8. The molecule has 188 valence electrons. The summed E-state index contributed by atoms with van der Waals surface area (Å²) < 4.78 is 12.7.